The summed E-state index contributed by atoms with van der Waals surface area (Å²) in [6.45, 7) is 1.86. The Hall–Kier alpha value is -2.10. The van der Waals surface area contributed by atoms with E-state index in [1.54, 1.807) is 31.2 Å². The molecule has 0 unspecified atom stereocenters. The average Bonchev–Trinajstić information content (AvgIpc) is 2.35. The molecule has 4 nitrogen and oxygen atoms in total. The van der Waals surface area contributed by atoms with Gasteiger partial charge in [-0.2, -0.15) is 0 Å². The molecule has 0 bridgehead atoms. The van der Waals surface area contributed by atoms with Crippen molar-refractivity contribution in [1.29, 1.82) is 0 Å². The molecule has 0 N–H and O–H groups in total. The number of benzene rings is 1. The second kappa shape index (κ2) is 4.82. The van der Waals surface area contributed by atoms with Gasteiger partial charge in [-0.25, -0.2) is 4.79 Å². The molecule has 2 aromatic rings. The molecule has 0 aliphatic rings. The summed E-state index contributed by atoms with van der Waals surface area (Å²) in [5.41, 5.74) is 0.124. The van der Waals surface area contributed by atoms with Crippen molar-refractivity contribution in [1.82, 2.24) is 0 Å². The molecule has 0 aliphatic carbocycles. The molecule has 0 atom stereocenters. The lowest BCUT2D eigenvalue weighted by Gasteiger charge is -2.05. The maximum atomic E-state index is 11.1. The molecule has 0 saturated heterocycles. The number of hydrogen-bond acceptors (Lipinski definition) is 4. The highest BCUT2D eigenvalue weighted by atomic mass is 16.5. The number of Topliss-reactive ketones (excluding diaryl/α,β-unsaturated/α-hetero) is 1. The van der Waals surface area contributed by atoms with Crippen LogP contribution in [0.15, 0.2) is 39.5 Å². The molecule has 1 aromatic carbocycles. The number of hydrogen-bond donors (Lipinski definition) is 0. The quantitative estimate of drug-likeness (QED) is 0.758. The molecule has 0 aliphatic heterocycles. The summed E-state index contributed by atoms with van der Waals surface area (Å²) in [4.78, 5) is 22.1. The van der Waals surface area contributed by atoms with Crippen LogP contribution >= 0.6 is 0 Å². The van der Waals surface area contributed by atoms with Crippen LogP contribution in [0.5, 0.6) is 5.75 Å². The highest BCUT2D eigenvalue weighted by molar-refractivity contribution is 5.80. The molecule has 0 spiro atoms. The van der Waals surface area contributed by atoms with Gasteiger partial charge in [0.25, 0.3) is 0 Å². The zero-order valence-corrected chi connectivity index (χ0v) is 9.43. The number of ketones is 1. The predicted octanol–water partition coefficient (Wildman–Crippen LogP) is 2.15. The molecule has 1 heterocycles. The molecule has 1 aromatic heterocycles. The van der Waals surface area contributed by atoms with Crippen LogP contribution < -0.4 is 10.4 Å². The van der Waals surface area contributed by atoms with Gasteiger partial charge in [-0.15, -0.1) is 0 Å². The minimum absolute atomic E-state index is 0.0460. The summed E-state index contributed by atoms with van der Waals surface area (Å²) < 4.78 is 10.3. The van der Waals surface area contributed by atoms with Crippen LogP contribution in [0.1, 0.15) is 13.3 Å². The third-order valence-corrected chi connectivity index (χ3v) is 2.38. The molecule has 17 heavy (non-hydrogen) atoms. The first-order valence-corrected chi connectivity index (χ1v) is 5.37. The fourth-order valence-electron chi connectivity index (χ4n) is 1.41. The Morgan fingerprint density at radius 2 is 2.12 bits per heavy atom. The van der Waals surface area contributed by atoms with Crippen molar-refractivity contribution in [2.45, 2.75) is 13.3 Å². The van der Waals surface area contributed by atoms with Gasteiger partial charge in [-0.3, -0.25) is 4.79 Å². The summed E-state index contributed by atoms with van der Waals surface area (Å²) in [6.07, 6.45) is 0.461. The van der Waals surface area contributed by atoms with Crippen molar-refractivity contribution >= 4 is 16.8 Å². The van der Waals surface area contributed by atoms with E-state index in [2.05, 4.69) is 0 Å². The van der Waals surface area contributed by atoms with Gasteiger partial charge in [-0.05, 0) is 24.3 Å². The van der Waals surface area contributed by atoms with E-state index in [9.17, 15) is 9.59 Å². The van der Waals surface area contributed by atoms with Gasteiger partial charge in [0.1, 0.15) is 17.9 Å². The Morgan fingerprint density at radius 1 is 1.29 bits per heavy atom. The van der Waals surface area contributed by atoms with Gasteiger partial charge in [-0.1, -0.05) is 6.92 Å². The van der Waals surface area contributed by atoms with Gasteiger partial charge in [0, 0.05) is 17.9 Å². The molecule has 2 rings (SSSR count). The molecule has 4 heteroatoms. The van der Waals surface area contributed by atoms with Crippen LogP contribution in [-0.2, 0) is 4.79 Å². The molecular formula is C13H12O4. The monoisotopic (exact) mass is 232 g/mol. The average molecular weight is 232 g/mol. The van der Waals surface area contributed by atoms with Gasteiger partial charge >= 0.3 is 5.63 Å². The highest BCUT2D eigenvalue weighted by Crippen LogP contribution is 2.19. The van der Waals surface area contributed by atoms with Crippen LogP contribution in [0, 0.1) is 0 Å². The van der Waals surface area contributed by atoms with E-state index in [0.29, 0.717) is 17.8 Å². The summed E-state index contributed by atoms with van der Waals surface area (Å²) in [7, 11) is 0. The Bertz CT molecular complexity index is 598. The van der Waals surface area contributed by atoms with Gasteiger partial charge in [0.2, 0.25) is 0 Å². The molecule has 0 saturated carbocycles. The van der Waals surface area contributed by atoms with Crippen molar-refractivity contribution in [3.63, 3.8) is 0 Å². The largest absolute Gasteiger partial charge is 0.486 e. The van der Waals surface area contributed by atoms with E-state index < -0.39 is 0 Å². The van der Waals surface area contributed by atoms with Crippen LogP contribution in [0.2, 0.25) is 0 Å². The van der Waals surface area contributed by atoms with Crippen molar-refractivity contribution in [3.8, 4) is 5.75 Å². The van der Waals surface area contributed by atoms with Gasteiger partial charge in [0.15, 0.2) is 5.78 Å². The number of ether oxygens (including phenoxy) is 1. The maximum absolute atomic E-state index is 11.1. The Kier molecular flexibility index (Phi) is 3.23. The Balaban J connectivity index is 2.23. The predicted molar refractivity (Wildman–Crippen MR) is 63.3 cm³/mol. The first-order valence-electron chi connectivity index (χ1n) is 5.37. The lowest BCUT2D eigenvalue weighted by molar-refractivity contribution is -0.120. The SMILES string of the molecule is CCC(=O)COc1ccc2oc(=O)ccc2c1. The van der Waals surface area contributed by atoms with Crippen molar-refractivity contribution in [2.24, 2.45) is 0 Å². The number of carbonyl (C=O) groups is 1. The summed E-state index contributed by atoms with van der Waals surface area (Å²) >= 11 is 0. The number of carbonyl (C=O) groups excluding carboxylic acids is 1. The van der Waals surface area contributed by atoms with Crippen molar-refractivity contribution in [2.75, 3.05) is 6.61 Å². The van der Waals surface area contributed by atoms with E-state index in [0.717, 1.165) is 5.39 Å². The standard InChI is InChI=1S/C13H12O4/c1-2-10(14)8-16-11-4-5-12-9(7-11)3-6-13(15)17-12/h3-7H,2,8H2,1H3. The minimum atomic E-state index is -0.382. The fraction of sp³-hybridized carbons (Fsp3) is 0.231. The van der Waals surface area contributed by atoms with E-state index in [-0.39, 0.29) is 18.0 Å². The van der Waals surface area contributed by atoms with Crippen LogP contribution in [0.25, 0.3) is 11.0 Å². The smallest absolute Gasteiger partial charge is 0.336 e. The summed E-state index contributed by atoms with van der Waals surface area (Å²) in [6, 6.07) is 8.08. The number of rotatable bonds is 4. The Morgan fingerprint density at radius 3 is 2.88 bits per heavy atom. The molecule has 0 amide bonds. The Labute approximate surface area is 97.8 Å². The van der Waals surface area contributed by atoms with E-state index >= 15 is 0 Å². The van der Waals surface area contributed by atoms with Gasteiger partial charge in [0.05, 0.1) is 0 Å². The normalized spacial score (nSPS) is 10.4. The second-order valence-corrected chi connectivity index (χ2v) is 3.63. The lowest BCUT2D eigenvalue weighted by atomic mass is 10.2. The zero-order chi connectivity index (χ0) is 12.3. The van der Waals surface area contributed by atoms with Crippen LogP contribution in [0.4, 0.5) is 0 Å². The van der Waals surface area contributed by atoms with E-state index in [1.807, 2.05) is 0 Å². The van der Waals surface area contributed by atoms with E-state index in [1.165, 1.54) is 6.07 Å². The third kappa shape index (κ3) is 2.72. The first kappa shape index (κ1) is 11.4. The minimum Gasteiger partial charge on any atom is -0.486 e. The molecular weight excluding hydrogens is 220 g/mol. The summed E-state index contributed by atoms with van der Waals surface area (Å²) in [5, 5.41) is 0.769. The molecule has 0 radical (unpaired) electrons. The van der Waals surface area contributed by atoms with Crippen LogP contribution in [-0.4, -0.2) is 12.4 Å². The molecule has 88 valence electrons. The maximum Gasteiger partial charge on any atom is 0.336 e. The van der Waals surface area contributed by atoms with Crippen molar-refractivity contribution in [3.05, 3.63) is 40.8 Å². The summed E-state index contributed by atoms with van der Waals surface area (Å²) in [5.74, 6) is 0.637. The topological polar surface area (TPSA) is 56.5 Å². The van der Waals surface area contributed by atoms with Gasteiger partial charge < -0.3 is 9.15 Å². The van der Waals surface area contributed by atoms with Crippen molar-refractivity contribution < 1.29 is 13.9 Å². The highest BCUT2D eigenvalue weighted by Gasteiger charge is 2.02. The van der Waals surface area contributed by atoms with Crippen LogP contribution in [0.3, 0.4) is 0 Å². The third-order valence-electron chi connectivity index (χ3n) is 2.38. The lowest BCUT2D eigenvalue weighted by Crippen LogP contribution is -2.09. The first-order chi connectivity index (χ1) is 8.19. The second-order valence-electron chi connectivity index (χ2n) is 3.63. The fourth-order valence-corrected chi connectivity index (χ4v) is 1.41. The van der Waals surface area contributed by atoms with E-state index in [4.69, 9.17) is 9.15 Å². The molecule has 0 fully saturated rings. The number of fused-ring (bicyclic) bond motifs is 1. The zero-order valence-electron chi connectivity index (χ0n) is 9.43.